The van der Waals surface area contributed by atoms with Gasteiger partial charge in [-0.05, 0) is 55.7 Å². The van der Waals surface area contributed by atoms with E-state index in [4.69, 9.17) is 4.74 Å². The third-order valence-corrected chi connectivity index (χ3v) is 7.18. The summed E-state index contributed by atoms with van der Waals surface area (Å²) in [6, 6.07) is 13.3. The number of aryl methyl sites for hydroxylation is 1. The van der Waals surface area contributed by atoms with Crippen LogP contribution in [0.15, 0.2) is 53.4 Å². The fraction of sp³-hybridized carbons (Fsp3) is 0.458. The van der Waals surface area contributed by atoms with E-state index in [2.05, 4.69) is 19.2 Å². The first-order valence-electron chi connectivity index (χ1n) is 10.8. The van der Waals surface area contributed by atoms with E-state index in [1.165, 1.54) is 19.2 Å². The van der Waals surface area contributed by atoms with Crippen molar-refractivity contribution < 1.29 is 17.9 Å². The van der Waals surface area contributed by atoms with Gasteiger partial charge in [-0.2, -0.15) is 0 Å². The summed E-state index contributed by atoms with van der Waals surface area (Å²) in [6.45, 7) is 6.47. The summed E-state index contributed by atoms with van der Waals surface area (Å²) in [7, 11) is -2.40. The molecule has 6 nitrogen and oxygen atoms in total. The SMILES string of the molecule is CCCC[C@@H](CC)CNC(=O)CN(c1ccc(C)cc1)S(=O)(=O)c1ccc(OC)cc1. The lowest BCUT2D eigenvalue weighted by molar-refractivity contribution is -0.119. The molecule has 2 aromatic rings. The molecule has 0 heterocycles. The molecule has 0 spiro atoms. The highest BCUT2D eigenvalue weighted by Gasteiger charge is 2.27. The highest BCUT2D eigenvalue weighted by atomic mass is 32.2. The summed E-state index contributed by atoms with van der Waals surface area (Å²) >= 11 is 0. The minimum Gasteiger partial charge on any atom is -0.497 e. The Balaban J connectivity index is 2.24. The Morgan fingerprint density at radius 1 is 1.06 bits per heavy atom. The Labute approximate surface area is 186 Å². The van der Waals surface area contributed by atoms with Crippen LogP contribution in [0.2, 0.25) is 0 Å². The maximum Gasteiger partial charge on any atom is 0.264 e. The zero-order valence-corrected chi connectivity index (χ0v) is 19.7. The van der Waals surface area contributed by atoms with Gasteiger partial charge in [0, 0.05) is 6.54 Å². The van der Waals surface area contributed by atoms with Crippen LogP contribution >= 0.6 is 0 Å². The number of carbonyl (C=O) groups excluding carboxylic acids is 1. The Morgan fingerprint density at radius 2 is 1.71 bits per heavy atom. The molecule has 0 aliphatic carbocycles. The van der Waals surface area contributed by atoms with Gasteiger partial charge in [0.15, 0.2) is 0 Å². The average Bonchev–Trinajstić information content (AvgIpc) is 2.78. The Kier molecular flexibility index (Phi) is 9.37. The second-order valence-electron chi connectivity index (χ2n) is 7.74. The van der Waals surface area contributed by atoms with E-state index < -0.39 is 10.0 Å². The molecule has 0 radical (unpaired) electrons. The number of anilines is 1. The van der Waals surface area contributed by atoms with Crippen LogP contribution in [-0.2, 0) is 14.8 Å². The van der Waals surface area contributed by atoms with E-state index in [1.807, 2.05) is 19.1 Å². The number of hydrogen-bond acceptors (Lipinski definition) is 4. The molecule has 2 aromatic carbocycles. The fourth-order valence-corrected chi connectivity index (χ4v) is 4.71. The molecule has 0 aromatic heterocycles. The lowest BCUT2D eigenvalue weighted by Gasteiger charge is -2.25. The average molecular weight is 447 g/mol. The van der Waals surface area contributed by atoms with Gasteiger partial charge in [0.05, 0.1) is 17.7 Å². The third-order valence-electron chi connectivity index (χ3n) is 5.39. The number of benzene rings is 2. The molecular weight excluding hydrogens is 412 g/mol. The van der Waals surface area contributed by atoms with Crippen molar-refractivity contribution in [2.24, 2.45) is 5.92 Å². The summed E-state index contributed by atoms with van der Waals surface area (Å²) in [5.41, 5.74) is 1.46. The topological polar surface area (TPSA) is 75.7 Å². The predicted octanol–water partition coefficient (Wildman–Crippen LogP) is 4.53. The number of ether oxygens (including phenoxy) is 1. The molecule has 0 saturated heterocycles. The van der Waals surface area contributed by atoms with Crippen molar-refractivity contribution in [3.8, 4) is 5.75 Å². The van der Waals surface area contributed by atoms with E-state index >= 15 is 0 Å². The summed E-state index contributed by atoms with van der Waals surface area (Å²) < 4.78 is 33.1. The van der Waals surface area contributed by atoms with Crippen LogP contribution in [0.5, 0.6) is 5.75 Å². The van der Waals surface area contributed by atoms with E-state index in [0.717, 1.165) is 35.6 Å². The molecule has 170 valence electrons. The van der Waals surface area contributed by atoms with Crippen molar-refractivity contribution in [2.45, 2.75) is 51.3 Å². The molecule has 7 heteroatoms. The van der Waals surface area contributed by atoms with Crippen LogP contribution in [0.1, 0.15) is 45.1 Å². The highest BCUT2D eigenvalue weighted by Crippen LogP contribution is 2.25. The normalized spacial score (nSPS) is 12.3. The molecular formula is C24H34N2O4S. The van der Waals surface area contributed by atoms with Gasteiger partial charge in [-0.3, -0.25) is 9.10 Å². The van der Waals surface area contributed by atoms with Crippen molar-refractivity contribution in [3.63, 3.8) is 0 Å². The second kappa shape index (κ2) is 11.7. The van der Waals surface area contributed by atoms with Gasteiger partial charge in [-0.25, -0.2) is 8.42 Å². The molecule has 0 bridgehead atoms. The standard InChI is InChI=1S/C24H34N2O4S/c1-5-7-8-20(6-2)17-25-24(27)18-26(21-11-9-19(3)10-12-21)31(28,29)23-15-13-22(30-4)14-16-23/h9-16,20H,5-8,17-18H2,1-4H3,(H,25,27)/t20-/m1/s1. The molecule has 0 saturated carbocycles. The Hall–Kier alpha value is -2.54. The third kappa shape index (κ3) is 6.99. The van der Waals surface area contributed by atoms with Gasteiger partial charge in [0.25, 0.3) is 10.0 Å². The van der Waals surface area contributed by atoms with Gasteiger partial charge in [-0.15, -0.1) is 0 Å². The molecule has 2 rings (SSSR count). The molecule has 0 aliphatic rings. The molecule has 0 aliphatic heterocycles. The quantitative estimate of drug-likeness (QED) is 0.520. The van der Waals surface area contributed by atoms with Gasteiger partial charge in [0.1, 0.15) is 12.3 Å². The number of unbranched alkanes of at least 4 members (excludes halogenated alkanes) is 1. The predicted molar refractivity (Wildman–Crippen MR) is 125 cm³/mol. The van der Waals surface area contributed by atoms with Crippen LogP contribution in [0.25, 0.3) is 0 Å². The number of amides is 1. The number of sulfonamides is 1. The maximum atomic E-state index is 13.4. The number of methoxy groups -OCH3 is 1. The van der Waals surface area contributed by atoms with E-state index in [-0.39, 0.29) is 17.3 Å². The monoisotopic (exact) mass is 446 g/mol. The van der Waals surface area contributed by atoms with E-state index in [1.54, 1.807) is 24.3 Å². The van der Waals surface area contributed by atoms with Crippen molar-refractivity contribution in [3.05, 3.63) is 54.1 Å². The minimum absolute atomic E-state index is 0.107. The maximum absolute atomic E-state index is 13.4. The highest BCUT2D eigenvalue weighted by molar-refractivity contribution is 7.92. The fourth-order valence-electron chi connectivity index (χ4n) is 3.29. The molecule has 0 fully saturated rings. The first kappa shape index (κ1) is 24.7. The second-order valence-corrected chi connectivity index (χ2v) is 9.61. The summed E-state index contributed by atoms with van der Waals surface area (Å²) in [6.07, 6.45) is 4.27. The molecule has 1 N–H and O–H groups in total. The zero-order valence-electron chi connectivity index (χ0n) is 18.9. The van der Waals surface area contributed by atoms with Crippen molar-refractivity contribution >= 4 is 21.6 Å². The Bertz CT molecular complexity index is 925. The Morgan fingerprint density at radius 3 is 2.26 bits per heavy atom. The molecule has 1 amide bonds. The zero-order chi connectivity index (χ0) is 22.9. The number of nitrogens with zero attached hydrogens (tertiary/aromatic N) is 1. The number of hydrogen-bond donors (Lipinski definition) is 1. The lowest BCUT2D eigenvalue weighted by Crippen LogP contribution is -2.42. The lowest BCUT2D eigenvalue weighted by atomic mass is 9.99. The molecule has 0 unspecified atom stereocenters. The molecule has 1 atom stereocenters. The molecule has 31 heavy (non-hydrogen) atoms. The number of carbonyl (C=O) groups is 1. The van der Waals surface area contributed by atoms with Gasteiger partial charge in [-0.1, -0.05) is 50.8 Å². The van der Waals surface area contributed by atoms with Crippen LogP contribution < -0.4 is 14.4 Å². The van der Waals surface area contributed by atoms with E-state index in [9.17, 15) is 13.2 Å². The van der Waals surface area contributed by atoms with Crippen molar-refractivity contribution in [1.29, 1.82) is 0 Å². The first-order valence-corrected chi connectivity index (χ1v) is 12.3. The van der Waals surface area contributed by atoms with Gasteiger partial charge < -0.3 is 10.1 Å². The van der Waals surface area contributed by atoms with Crippen LogP contribution in [0.3, 0.4) is 0 Å². The van der Waals surface area contributed by atoms with Crippen LogP contribution in [0.4, 0.5) is 5.69 Å². The van der Waals surface area contributed by atoms with Crippen LogP contribution in [-0.4, -0.2) is 34.5 Å². The van der Waals surface area contributed by atoms with Gasteiger partial charge in [0.2, 0.25) is 5.91 Å². The van der Waals surface area contributed by atoms with Gasteiger partial charge >= 0.3 is 0 Å². The number of nitrogens with one attached hydrogen (secondary N) is 1. The minimum atomic E-state index is -3.93. The largest absolute Gasteiger partial charge is 0.497 e. The van der Waals surface area contributed by atoms with Crippen molar-refractivity contribution in [1.82, 2.24) is 5.32 Å². The summed E-state index contributed by atoms with van der Waals surface area (Å²) in [5.74, 6) is 0.652. The summed E-state index contributed by atoms with van der Waals surface area (Å²) in [4.78, 5) is 12.8. The first-order chi connectivity index (χ1) is 14.8. The van der Waals surface area contributed by atoms with Crippen LogP contribution in [0, 0.1) is 12.8 Å². The van der Waals surface area contributed by atoms with E-state index in [0.29, 0.717) is 23.9 Å². The summed E-state index contributed by atoms with van der Waals surface area (Å²) in [5, 5.41) is 2.93. The number of rotatable bonds is 12. The smallest absolute Gasteiger partial charge is 0.264 e. The van der Waals surface area contributed by atoms with Crippen molar-refractivity contribution in [2.75, 3.05) is 24.5 Å².